The molecule has 3 rings (SSSR count). The number of aliphatic hydroxyl groups is 1. The van der Waals surface area contributed by atoms with Gasteiger partial charge in [0.2, 0.25) is 10.0 Å². The molecule has 0 unspecified atom stereocenters. The monoisotopic (exact) mass is 540 g/mol. The van der Waals surface area contributed by atoms with E-state index in [1.54, 1.807) is 39.5 Å². The first kappa shape index (κ1) is 28.7. The molecule has 37 heavy (non-hydrogen) atoms. The van der Waals surface area contributed by atoms with Crippen LogP contribution < -0.4 is 20.3 Å². The first-order valence-corrected chi connectivity index (χ1v) is 13.3. The van der Waals surface area contributed by atoms with Crippen molar-refractivity contribution in [3.8, 4) is 0 Å². The van der Waals surface area contributed by atoms with Gasteiger partial charge in [-0.05, 0) is 52.8 Å². The molecule has 0 aliphatic carbocycles. The van der Waals surface area contributed by atoms with Gasteiger partial charge in [0.25, 0.3) is 11.8 Å². The van der Waals surface area contributed by atoms with E-state index in [-0.39, 0.29) is 47.6 Å². The highest BCUT2D eigenvalue weighted by Gasteiger charge is 2.36. The molecule has 0 bridgehead atoms. The van der Waals surface area contributed by atoms with Crippen LogP contribution in [0, 0.1) is 0 Å². The molecule has 1 aromatic carbocycles. The Labute approximate surface area is 215 Å². The second-order valence-electron chi connectivity index (χ2n) is 10.8. The van der Waals surface area contributed by atoms with Gasteiger partial charge in [0, 0.05) is 37.2 Å². The van der Waals surface area contributed by atoms with E-state index in [1.165, 1.54) is 30.5 Å². The summed E-state index contributed by atoms with van der Waals surface area (Å²) >= 11 is 0. The number of hydrogen-bond donors (Lipinski definition) is 4. The first-order chi connectivity index (χ1) is 17.0. The molecule has 1 aromatic heterocycles. The zero-order chi connectivity index (χ0) is 27.6. The number of hydrogen-bond acceptors (Lipinski definition) is 8. The topological polar surface area (TPSA) is 137 Å². The van der Waals surface area contributed by atoms with Crippen molar-refractivity contribution in [3.63, 3.8) is 0 Å². The molecule has 1 fully saturated rings. The van der Waals surface area contributed by atoms with Crippen LogP contribution in [0.25, 0.3) is 0 Å². The zero-order valence-electron chi connectivity index (χ0n) is 21.6. The number of carbonyl (C=O) groups excluding carboxylic acids is 1. The largest absolute Gasteiger partial charge is 0.394 e. The molecule has 0 saturated carbocycles. The summed E-state index contributed by atoms with van der Waals surface area (Å²) in [5.74, 6) is -3.09. The number of piperidine rings is 1. The summed E-state index contributed by atoms with van der Waals surface area (Å²) < 4.78 is 55.5. The Hall–Kier alpha value is -2.90. The van der Waals surface area contributed by atoms with Gasteiger partial charge < -0.3 is 20.6 Å². The third-order valence-corrected chi connectivity index (χ3v) is 7.22. The summed E-state index contributed by atoms with van der Waals surface area (Å²) in [6.45, 7) is 8.37. The predicted molar refractivity (Wildman–Crippen MR) is 138 cm³/mol. The number of halogens is 2. The smallest absolute Gasteiger partial charge is 0.278 e. The molecular weight excluding hydrogens is 506 g/mol. The second-order valence-corrected chi connectivity index (χ2v) is 12.5. The van der Waals surface area contributed by atoms with Gasteiger partial charge in [0.1, 0.15) is 5.82 Å². The first-order valence-electron chi connectivity index (χ1n) is 11.8. The number of rotatable bonds is 8. The minimum atomic E-state index is -3.84. The lowest BCUT2D eigenvalue weighted by Crippen LogP contribution is -2.41. The molecular formula is C24H34F2N6O4S. The fourth-order valence-corrected chi connectivity index (χ4v) is 5.11. The number of aliphatic hydroxyl groups excluding tert-OH is 1. The second kappa shape index (κ2) is 10.5. The van der Waals surface area contributed by atoms with Gasteiger partial charge in [-0.15, -0.1) is 0 Å². The van der Waals surface area contributed by atoms with Crippen LogP contribution in [0.2, 0.25) is 0 Å². The van der Waals surface area contributed by atoms with Crippen LogP contribution >= 0.6 is 0 Å². The summed E-state index contributed by atoms with van der Waals surface area (Å²) in [5.41, 5.74) is -1.33. The van der Waals surface area contributed by atoms with E-state index in [9.17, 15) is 27.1 Å². The third kappa shape index (κ3) is 7.79. The van der Waals surface area contributed by atoms with Gasteiger partial charge >= 0.3 is 0 Å². The average Bonchev–Trinajstić information content (AvgIpc) is 2.77. The average molecular weight is 541 g/mol. The third-order valence-electron chi connectivity index (χ3n) is 5.47. The van der Waals surface area contributed by atoms with Crippen LogP contribution in [0.4, 0.5) is 26.1 Å². The van der Waals surface area contributed by atoms with Gasteiger partial charge in [-0.25, -0.2) is 31.9 Å². The number of aromatic nitrogens is 2. The van der Waals surface area contributed by atoms with Crippen molar-refractivity contribution in [2.45, 2.75) is 69.4 Å². The van der Waals surface area contributed by atoms with E-state index in [4.69, 9.17) is 0 Å². The Bertz CT molecular complexity index is 1240. The molecule has 2 aromatic rings. The Morgan fingerprint density at radius 2 is 1.81 bits per heavy atom. The van der Waals surface area contributed by atoms with Gasteiger partial charge in [0.15, 0.2) is 11.5 Å². The van der Waals surface area contributed by atoms with Gasteiger partial charge in [-0.3, -0.25) is 4.79 Å². The summed E-state index contributed by atoms with van der Waals surface area (Å²) in [5, 5.41) is 15.2. The molecule has 0 atom stereocenters. The van der Waals surface area contributed by atoms with Crippen molar-refractivity contribution in [1.82, 2.24) is 14.7 Å². The van der Waals surface area contributed by atoms with Gasteiger partial charge in [-0.2, -0.15) is 0 Å². The standard InChI is InChI=1S/C24H34F2N6O4S/c1-22(2,3)31-37(35,36)17-8-6-7-16(13-17)28-21(34)19-20(32-11-9-24(25,26)10-12-32)29-18(14-27-19)30-23(4,5)15-33/h6-8,13-14,31,33H,9-12,15H2,1-5H3,(H,28,34)(H,29,30). The minimum absolute atomic E-state index is 0.0268. The van der Waals surface area contributed by atoms with Crippen LogP contribution in [0.1, 0.15) is 57.9 Å². The molecule has 13 heteroatoms. The molecule has 0 spiro atoms. The number of nitrogens with zero attached hydrogens (tertiary/aromatic N) is 3. The SMILES string of the molecule is CC(C)(C)NS(=O)(=O)c1cccc(NC(=O)c2ncc(NC(C)(C)CO)nc2N2CCC(F)(F)CC2)c1. The molecule has 1 aliphatic rings. The van der Waals surface area contributed by atoms with E-state index in [2.05, 4.69) is 25.3 Å². The Morgan fingerprint density at radius 1 is 1.16 bits per heavy atom. The summed E-state index contributed by atoms with van der Waals surface area (Å²) in [7, 11) is -3.84. The maximum atomic E-state index is 13.8. The predicted octanol–water partition coefficient (Wildman–Crippen LogP) is 3.22. The van der Waals surface area contributed by atoms with Crippen molar-refractivity contribution in [3.05, 3.63) is 36.2 Å². The quantitative estimate of drug-likeness (QED) is 0.401. The number of sulfonamides is 1. The highest BCUT2D eigenvalue weighted by Crippen LogP contribution is 2.32. The number of nitrogens with one attached hydrogen (secondary N) is 3. The normalized spacial score (nSPS) is 16.4. The zero-order valence-corrected chi connectivity index (χ0v) is 22.4. The fraction of sp³-hybridized carbons (Fsp3) is 0.542. The van der Waals surface area contributed by atoms with Crippen LogP contribution in [-0.4, -0.2) is 66.1 Å². The maximum Gasteiger partial charge on any atom is 0.278 e. The van der Waals surface area contributed by atoms with E-state index < -0.39 is 45.8 Å². The molecule has 1 saturated heterocycles. The van der Waals surface area contributed by atoms with Crippen LogP contribution in [0.15, 0.2) is 35.4 Å². The lowest BCUT2D eigenvalue weighted by atomic mass is 10.1. The van der Waals surface area contributed by atoms with Crippen molar-refractivity contribution in [1.29, 1.82) is 0 Å². The fourth-order valence-electron chi connectivity index (χ4n) is 3.65. The molecule has 204 valence electrons. The molecule has 1 aliphatic heterocycles. The van der Waals surface area contributed by atoms with Crippen LogP contribution in [0.3, 0.4) is 0 Å². The lowest BCUT2D eigenvalue weighted by Gasteiger charge is -2.33. The summed E-state index contributed by atoms with van der Waals surface area (Å²) in [6, 6.07) is 5.75. The van der Waals surface area contributed by atoms with Crippen molar-refractivity contribution in [2.75, 3.05) is 35.2 Å². The molecule has 2 heterocycles. The van der Waals surface area contributed by atoms with E-state index >= 15 is 0 Å². The molecule has 1 amide bonds. The van der Waals surface area contributed by atoms with Crippen molar-refractivity contribution >= 4 is 33.3 Å². The highest BCUT2D eigenvalue weighted by atomic mass is 32.2. The number of anilines is 3. The van der Waals surface area contributed by atoms with Crippen LogP contribution in [-0.2, 0) is 10.0 Å². The molecule has 0 radical (unpaired) electrons. The van der Waals surface area contributed by atoms with Crippen molar-refractivity contribution in [2.24, 2.45) is 0 Å². The lowest BCUT2D eigenvalue weighted by molar-refractivity contribution is -0.0221. The van der Waals surface area contributed by atoms with Gasteiger partial charge in [0.05, 0.1) is 23.2 Å². The van der Waals surface area contributed by atoms with Gasteiger partial charge in [-0.1, -0.05) is 6.07 Å². The Balaban J connectivity index is 1.91. The Kier molecular flexibility index (Phi) is 8.11. The summed E-state index contributed by atoms with van der Waals surface area (Å²) in [6.07, 6.45) is 0.537. The van der Waals surface area contributed by atoms with Crippen molar-refractivity contribution < 1.29 is 27.1 Å². The highest BCUT2D eigenvalue weighted by molar-refractivity contribution is 7.89. The molecule has 10 nitrogen and oxygen atoms in total. The summed E-state index contributed by atoms with van der Waals surface area (Å²) in [4.78, 5) is 23.5. The molecule has 4 N–H and O–H groups in total. The van der Waals surface area contributed by atoms with Crippen LogP contribution in [0.5, 0.6) is 0 Å². The Morgan fingerprint density at radius 3 is 2.41 bits per heavy atom. The van der Waals surface area contributed by atoms with E-state index in [1.807, 2.05) is 0 Å². The van der Waals surface area contributed by atoms with E-state index in [0.717, 1.165) is 0 Å². The minimum Gasteiger partial charge on any atom is -0.394 e. The maximum absolute atomic E-state index is 13.8. The number of amides is 1. The number of benzene rings is 1. The van der Waals surface area contributed by atoms with E-state index in [0.29, 0.717) is 0 Å². The number of carbonyl (C=O) groups is 1. The number of alkyl halides is 2.